The lowest BCUT2D eigenvalue weighted by Crippen LogP contribution is -2.41. The van der Waals surface area contributed by atoms with Gasteiger partial charge < -0.3 is 20.0 Å². The van der Waals surface area contributed by atoms with Gasteiger partial charge in [0.1, 0.15) is 5.75 Å². The summed E-state index contributed by atoms with van der Waals surface area (Å²) >= 11 is 0. The van der Waals surface area contributed by atoms with E-state index in [1.807, 2.05) is 19.0 Å². The second-order valence-electron chi connectivity index (χ2n) is 6.04. The zero-order valence-electron chi connectivity index (χ0n) is 12.6. The molecule has 21 heavy (non-hydrogen) atoms. The van der Waals surface area contributed by atoms with Crippen LogP contribution in [0.2, 0.25) is 0 Å². The van der Waals surface area contributed by atoms with Crippen molar-refractivity contribution in [1.29, 1.82) is 0 Å². The maximum Gasteiger partial charge on any atom is 0.255 e. The maximum absolute atomic E-state index is 12.4. The molecule has 1 aromatic heterocycles. The third-order valence-electron chi connectivity index (χ3n) is 3.79. The van der Waals surface area contributed by atoms with Gasteiger partial charge in [-0.3, -0.25) is 9.78 Å². The van der Waals surface area contributed by atoms with E-state index in [1.165, 1.54) is 18.5 Å². The number of nitrogens with zero attached hydrogens (tertiary/aromatic N) is 3. The topological polar surface area (TPSA) is 76.9 Å². The molecule has 6 nitrogen and oxygen atoms in total. The quantitative estimate of drug-likeness (QED) is 0.858. The van der Waals surface area contributed by atoms with Crippen molar-refractivity contribution >= 4 is 5.91 Å². The van der Waals surface area contributed by atoms with Crippen molar-refractivity contribution in [2.24, 2.45) is 0 Å². The Kier molecular flexibility index (Phi) is 4.80. The summed E-state index contributed by atoms with van der Waals surface area (Å²) < 4.78 is 0. The van der Waals surface area contributed by atoms with Crippen molar-refractivity contribution in [1.82, 2.24) is 14.8 Å². The standard InChI is InChI=1S/C15H23N3O3/c1-17(2)11-15(21)4-3-6-18(7-5-15)14(20)12-8-13(19)10-16-9-12/h8-10,19,21H,3-7,11H2,1-2H3/t15-/m1/s1. The van der Waals surface area contributed by atoms with E-state index in [4.69, 9.17) is 0 Å². The Hall–Kier alpha value is -1.66. The second kappa shape index (κ2) is 6.41. The van der Waals surface area contributed by atoms with Crippen molar-refractivity contribution < 1.29 is 15.0 Å². The number of hydrogen-bond acceptors (Lipinski definition) is 5. The highest BCUT2D eigenvalue weighted by Crippen LogP contribution is 2.24. The van der Waals surface area contributed by atoms with Crippen LogP contribution in [0.3, 0.4) is 0 Å². The number of carbonyl (C=O) groups is 1. The highest BCUT2D eigenvalue weighted by atomic mass is 16.3. The number of carbonyl (C=O) groups excluding carboxylic acids is 1. The Balaban J connectivity index is 2.04. The number of pyridine rings is 1. The van der Waals surface area contributed by atoms with E-state index < -0.39 is 5.60 Å². The van der Waals surface area contributed by atoms with Gasteiger partial charge in [0.05, 0.1) is 17.4 Å². The zero-order chi connectivity index (χ0) is 15.5. The van der Waals surface area contributed by atoms with Crippen molar-refractivity contribution in [3.05, 3.63) is 24.0 Å². The number of aromatic nitrogens is 1. The summed E-state index contributed by atoms with van der Waals surface area (Å²) in [7, 11) is 3.87. The lowest BCUT2D eigenvalue weighted by Gasteiger charge is -2.29. The molecule has 0 aliphatic carbocycles. The van der Waals surface area contributed by atoms with E-state index in [2.05, 4.69) is 4.98 Å². The molecular weight excluding hydrogens is 270 g/mol. The summed E-state index contributed by atoms with van der Waals surface area (Å²) in [6, 6.07) is 1.42. The van der Waals surface area contributed by atoms with Crippen LogP contribution in [0.15, 0.2) is 18.5 Å². The normalized spacial score (nSPS) is 23.1. The van der Waals surface area contributed by atoms with Crippen LogP contribution in [0.25, 0.3) is 0 Å². The molecule has 0 radical (unpaired) electrons. The lowest BCUT2D eigenvalue weighted by atomic mass is 9.94. The first-order valence-electron chi connectivity index (χ1n) is 7.20. The molecule has 0 spiro atoms. The van der Waals surface area contributed by atoms with Crippen molar-refractivity contribution in [2.45, 2.75) is 24.9 Å². The fourth-order valence-electron chi connectivity index (χ4n) is 2.86. The molecule has 6 heteroatoms. The van der Waals surface area contributed by atoms with Gasteiger partial charge in [-0.25, -0.2) is 0 Å². The predicted molar refractivity (Wildman–Crippen MR) is 79.2 cm³/mol. The number of hydrogen-bond donors (Lipinski definition) is 2. The van der Waals surface area contributed by atoms with Crippen LogP contribution >= 0.6 is 0 Å². The Morgan fingerprint density at radius 3 is 2.81 bits per heavy atom. The summed E-state index contributed by atoms with van der Waals surface area (Å²) in [5, 5.41) is 20.0. The number of aliphatic hydroxyl groups is 1. The highest BCUT2D eigenvalue weighted by Gasteiger charge is 2.32. The molecule has 1 saturated heterocycles. The molecule has 2 heterocycles. The molecule has 116 valence electrons. The van der Waals surface area contributed by atoms with E-state index in [0.29, 0.717) is 38.0 Å². The summed E-state index contributed by atoms with van der Waals surface area (Å²) in [4.78, 5) is 20.0. The van der Waals surface area contributed by atoms with Gasteiger partial charge >= 0.3 is 0 Å². The van der Waals surface area contributed by atoms with Crippen LogP contribution in [0.1, 0.15) is 29.6 Å². The first kappa shape index (κ1) is 15.7. The van der Waals surface area contributed by atoms with E-state index in [0.717, 1.165) is 6.42 Å². The highest BCUT2D eigenvalue weighted by molar-refractivity contribution is 5.94. The van der Waals surface area contributed by atoms with Crippen molar-refractivity contribution in [3.63, 3.8) is 0 Å². The molecule has 2 rings (SSSR count). The van der Waals surface area contributed by atoms with Crippen LogP contribution < -0.4 is 0 Å². The predicted octanol–water partition coefficient (Wildman–Crippen LogP) is 0.706. The van der Waals surface area contributed by atoms with Gasteiger partial charge in [0, 0.05) is 25.8 Å². The Labute approximate surface area is 125 Å². The average molecular weight is 293 g/mol. The van der Waals surface area contributed by atoms with E-state index in [1.54, 1.807) is 4.90 Å². The fraction of sp³-hybridized carbons (Fsp3) is 0.600. The molecule has 0 aromatic carbocycles. The minimum Gasteiger partial charge on any atom is -0.506 e. The maximum atomic E-state index is 12.4. The van der Waals surface area contributed by atoms with Gasteiger partial charge in [0.2, 0.25) is 0 Å². The molecule has 2 N–H and O–H groups in total. The molecule has 1 fully saturated rings. The Morgan fingerprint density at radius 2 is 2.14 bits per heavy atom. The number of likely N-dealkylation sites (tertiary alicyclic amines) is 1. The first-order valence-corrected chi connectivity index (χ1v) is 7.20. The number of amides is 1. The van der Waals surface area contributed by atoms with Crippen molar-refractivity contribution in [3.8, 4) is 5.75 Å². The fourth-order valence-corrected chi connectivity index (χ4v) is 2.86. The number of rotatable bonds is 3. The average Bonchev–Trinajstić information content (AvgIpc) is 2.59. The summed E-state index contributed by atoms with van der Waals surface area (Å²) in [6.07, 6.45) is 4.77. The molecule has 1 aliphatic heterocycles. The van der Waals surface area contributed by atoms with E-state index >= 15 is 0 Å². The molecule has 0 saturated carbocycles. The molecule has 0 unspecified atom stereocenters. The van der Waals surface area contributed by atoms with Crippen LogP contribution in [0.5, 0.6) is 5.75 Å². The van der Waals surface area contributed by atoms with Gasteiger partial charge in [-0.05, 0) is 39.4 Å². The molecule has 1 aliphatic rings. The summed E-state index contributed by atoms with van der Waals surface area (Å²) in [6.45, 7) is 1.73. The molecule has 1 amide bonds. The Bertz CT molecular complexity index is 507. The second-order valence-corrected chi connectivity index (χ2v) is 6.04. The molecular formula is C15H23N3O3. The van der Waals surface area contributed by atoms with Gasteiger partial charge in [-0.1, -0.05) is 0 Å². The van der Waals surface area contributed by atoms with Crippen LogP contribution in [-0.2, 0) is 0 Å². The zero-order valence-corrected chi connectivity index (χ0v) is 12.6. The van der Waals surface area contributed by atoms with Crippen LogP contribution in [0.4, 0.5) is 0 Å². The van der Waals surface area contributed by atoms with Gasteiger partial charge in [0.15, 0.2) is 0 Å². The van der Waals surface area contributed by atoms with E-state index in [-0.39, 0.29) is 11.7 Å². The molecule has 0 bridgehead atoms. The summed E-state index contributed by atoms with van der Waals surface area (Å²) in [5.74, 6) is -0.160. The van der Waals surface area contributed by atoms with Crippen LogP contribution in [0, 0.1) is 0 Å². The van der Waals surface area contributed by atoms with Gasteiger partial charge in [0.25, 0.3) is 5.91 Å². The smallest absolute Gasteiger partial charge is 0.255 e. The number of aromatic hydroxyl groups is 1. The van der Waals surface area contributed by atoms with Crippen LogP contribution in [-0.4, -0.2) is 70.2 Å². The largest absolute Gasteiger partial charge is 0.506 e. The third-order valence-corrected chi connectivity index (χ3v) is 3.79. The van der Waals surface area contributed by atoms with Gasteiger partial charge in [-0.2, -0.15) is 0 Å². The molecule has 1 atom stereocenters. The van der Waals surface area contributed by atoms with Gasteiger partial charge in [-0.15, -0.1) is 0 Å². The van der Waals surface area contributed by atoms with Crippen molar-refractivity contribution in [2.75, 3.05) is 33.7 Å². The minimum absolute atomic E-state index is 0.0141. The first-order chi connectivity index (χ1) is 9.89. The minimum atomic E-state index is -0.740. The lowest BCUT2D eigenvalue weighted by molar-refractivity contribution is 0.00304. The molecule has 1 aromatic rings. The summed E-state index contributed by atoms with van der Waals surface area (Å²) in [5.41, 5.74) is -0.358. The SMILES string of the molecule is CN(C)C[C@@]1(O)CCCN(C(=O)c2cncc(O)c2)CC1. The van der Waals surface area contributed by atoms with E-state index in [9.17, 15) is 15.0 Å². The monoisotopic (exact) mass is 293 g/mol. The third kappa shape index (κ3) is 4.15. The number of likely N-dealkylation sites (N-methyl/N-ethyl adjacent to an activating group) is 1. The Morgan fingerprint density at radius 1 is 1.38 bits per heavy atom.